The second-order valence-corrected chi connectivity index (χ2v) is 6.19. The highest BCUT2D eigenvalue weighted by Gasteiger charge is 2.17. The van der Waals surface area contributed by atoms with Gasteiger partial charge in [-0.25, -0.2) is 9.67 Å². The largest absolute Gasteiger partial charge is 0.420 e. The molecule has 1 aromatic carbocycles. The van der Waals surface area contributed by atoms with E-state index in [1.165, 1.54) is 0 Å². The van der Waals surface area contributed by atoms with Gasteiger partial charge in [-0.2, -0.15) is 5.10 Å². The standard InChI is InChI=1S/C16H14ClN3OS/c1-11-15(22-13-8-6-12(17)7-9-13)16(20(2)19-11)21-14-5-3-4-10-18-14/h3-10H,1-2H3. The van der Waals surface area contributed by atoms with Gasteiger partial charge >= 0.3 is 0 Å². The summed E-state index contributed by atoms with van der Waals surface area (Å²) >= 11 is 7.52. The molecule has 0 spiro atoms. The summed E-state index contributed by atoms with van der Waals surface area (Å²) in [4.78, 5) is 6.24. The van der Waals surface area contributed by atoms with Gasteiger partial charge in [0.15, 0.2) is 0 Å². The fourth-order valence-corrected chi connectivity index (χ4v) is 3.06. The molecule has 6 heteroatoms. The average molecular weight is 332 g/mol. The maximum atomic E-state index is 5.93. The zero-order chi connectivity index (χ0) is 15.5. The van der Waals surface area contributed by atoms with Crippen molar-refractivity contribution in [3.8, 4) is 11.8 Å². The number of rotatable bonds is 4. The van der Waals surface area contributed by atoms with Gasteiger partial charge in [-0.15, -0.1) is 0 Å². The van der Waals surface area contributed by atoms with Crippen molar-refractivity contribution >= 4 is 23.4 Å². The highest BCUT2D eigenvalue weighted by molar-refractivity contribution is 7.99. The van der Waals surface area contributed by atoms with Crippen molar-refractivity contribution in [3.63, 3.8) is 0 Å². The zero-order valence-corrected chi connectivity index (χ0v) is 13.7. The molecule has 0 fully saturated rings. The molecule has 3 rings (SSSR count). The molecular formula is C16H14ClN3OS. The Hall–Kier alpha value is -1.98. The Bertz CT molecular complexity index is 772. The molecule has 2 heterocycles. The molecule has 0 saturated carbocycles. The highest BCUT2D eigenvalue weighted by Crippen LogP contribution is 2.39. The van der Waals surface area contributed by atoms with Crippen LogP contribution in [0.4, 0.5) is 0 Å². The number of halogens is 1. The van der Waals surface area contributed by atoms with Gasteiger partial charge in [0.05, 0.1) is 10.6 Å². The van der Waals surface area contributed by atoms with Crippen LogP contribution in [0.2, 0.25) is 5.02 Å². The number of pyridine rings is 1. The van der Waals surface area contributed by atoms with Crippen LogP contribution >= 0.6 is 23.4 Å². The Balaban J connectivity index is 1.92. The number of hydrogen-bond donors (Lipinski definition) is 0. The fourth-order valence-electron chi connectivity index (χ4n) is 1.97. The summed E-state index contributed by atoms with van der Waals surface area (Å²) in [6, 6.07) is 13.2. The second kappa shape index (κ2) is 6.42. The van der Waals surface area contributed by atoms with Crippen LogP contribution in [0.1, 0.15) is 5.69 Å². The van der Waals surface area contributed by atoms with Gasteiger partial charge in [0.1, 0.15) is 0 Å². The lowest BCUT2D eigenvalue weighted by Gasteiger charge is -2.07. The molecule has 0 unspecified atom stereocenters. The fraction of sp³-hybridized carbons (Fsp3) is 0.125. The summed E-state index contributed by atoms with van der Waals surface area (Å²) < 4.78 is 7.62. The van der Waals surface area contributed by atoms with E-state index in [0.29, 0.717) is 11.8 Å². The number of hydrogen-bond acceptors (Lipinski definition) is 4. The van der Waals surface area contributed by atoms with E-state index in [1.54, 1.807) is 22.6 Å². The van der Waals surface area contributed by atoms with Crippen LogP contribution < -0.4 is 4.74 Å². The number of ether oxygens (including phenoxy) is 1. The number of benzene rings is 1. The van der Waals surface area contributed by atoms with E-state index in [0.717, 1.165) is 20.5 Å². The van der Waals surface area contributed by atoms with Gasteiger partial charge < -0.3 is 4.74 Å². The molecule has 4 nitrogen and oxygen atoms in total. The molecule has 0 bridgehead atoms. The first-order chi connectivity index (χ1) is 10.6. The molecule has 0 N–H and O–H groups in total. The van der Waals surface area contributed by atoms with Crippen LogP contribution in [0, 0.1) is 6.92 Å². The molecule has 0 atom stereocenters. The number of nitrogens with zero attached hydrogens (tertiary/aromatic N) is 3. The van der Waals surface area contributed by atoms with Gasteiger partial charge in [0.25, 0.3) is 0 Å². The van der Waals surface area contributed by atoms with Crippen LogP contribution in [0.15, 0.2) is 58.5 Å². The van der Waals surface area contributed by atoms with E-state index in [4.69, 9.17) is 16.3 Å². The summed E-state index contributed by atoms with van der Waals surface area (Å²) in [5, 5.41) is 5.16. The minimum atomic E-state index is 0.545. The highest BCUT2D eigenvalue weighted by atomic mass is 35.5. The zero-order valence-electron chi connectivity index (χ0n) is 12.2. The van der Waals surface area contributed by atoms with E-state index < -0.39 is 0 Å². The molecule has 22 heavy (non-hydrogen) atoms. The Labute approximate surface area is 138 Å². The first-order valence-electron chi connectivity index (χ1n) is 6.69. The molecule has 2 aromatic heterocycles. The number of aromatic nitrogens is 3. The van der Waals surface area contributed by atoms with Gasteiger partial charge in [0, 0.05) is 29.2 Å². The molecule has 3 aromatic rings. The van der Waals surface area contributed by atoms with Crippen molar-refractivity contribution in [2.45, 2.75) is 16.7 Å². The lowest BCUT2D eigenvalue weighted by atomic mass is 10.4. The topological polar surface area (TPSA) is 39.9 Å². The lowest BCUT2D eigenvalue weighted by Crippen LogP contribution is -1.96. The van der Waals surface area contributed by atoms with Crippen molar-refractivity contribution in [2.75, 3.05) is 0 Å². The Morgan fingerprint density at radius 2 is 1.91 bits per heavy atom. The van der Waals surface area contributed by atoms with Crippen LogP contribution in [0.5, 0.6) is 11.8 Å². The summed E-state index contributed by atoms with van der Waals surface area (Å²) in [7, 11) is 1.86. The predicted octanol–water partition coefficient (Wildman–Crippen LogP) is 4.72. The van der Waals surface area contributed by atoms with Crippen molar-refractivity contribution in [1.29, 1.82) is 0 Å². The van der Waals surface area contributed by atoms with Crippen molar-refractivity contribution in [1.82, 2.24) is 14.8 Å². The Kier molecular flexibility index (Phi) is 4.36. The van der Waals surface area contributed by atoms with E-state index in [1.807, 2.05) is 56.4 Å². The predicted molar refractivity (Wildman–Crippen MR) is 87.8 cm³/mol. The third-order valence-corrected chi connectivity index (χ3v) is 4.42. The minimum Gasteiger partial charge on any atom is -0.420 e. The monoisotopic (exact) mass is 331 g/mol. The molecule has 0 amide bonds. The molecular weight excluding hydrogens is 318 g/mol. The summed E-state index contributed by atoms with van der Waals surface area (Å²) in [6.45, 7) is 1.96. The molecule has 0 aliphatic heterocycles. The van der Waals surface area contributed by atoms with E-state index in [9.17, 15) is 0 Å². The van der Waals surface area contributed by atoms with Crippen molar-refractivity contribution < 1.29 is 4.74 Å². The van der Waals surface area contributed by atoms with Gasteiger partial charge in [-0.1, -0.05) is 29.4 Å². The lowest BCUT2D eigenvalue weighted by molar-refractivity contribution is 0.406. The molecule has 0 saturated heterocycles. The maximum absolute atomic E-state index is 5.93. The molecule has 0 radical (unpaired) electrons. The quantitative estimate of drug-likeness (QED) is 0.693. The summed E-state index contributed by atoms with van der Waals surface area (Å²) in [5.74, 6) is 1.22. The van der Waals surface area contributed by atoms with Gasteiger partial charge in [-0.3, -0.25) is 0 Å². The van der Waals surface area contributed by atoms with Crippen LogP contribution in [0.25, 0.3) is 0 Å². The Morgan fingerprint density at radius 1 is 1.14 bits per heavy atom. The summed E-state index contributed by atoms with van der Waals surface area (Å²) in [6.07, 6.45) is 1.70. The normalized spacial score (nSPS) is 10.7. The number of aryl methyl sites for hydroxylation is 2. The maximum Gasteiger partial charge on any atom is 0.234 e. The average Bonchev–Trinajstić information content (AvgIpc) is 2.77. The molecule has 0 aliphatic rings. The first kappa shape index (κ1) is 14.9. The van der Waals surface area contributed by atoms with E-state index >= 15 is 0 Å². The third-order valence-electron chi connectivity index (χ3n) is 2.99. The van der Waals surface area contributed by atoms with E-state index in [-0.39, 0.29) is 0 Å². The van der Waals surface area contributed by atoms with Crippen molar-refractivity contribution in [3.05, 3.63) is 59.4 Å². The Morgan fingerprint density at radius 3 is 2.59 bits per heavy atom. The molecule has 0 aliphatic carbocycles. The van der Waals surface area contributed by atoms with Gasteiger partial charge in [0.2, 0.25) is 11.8 Å². The second-order valence-electron chi connectivity index (χ2n) is 4.67. The summed E-state index contributed by atoms with van der Waals surface area (Å²) in [5.41, 5.74) is 0.911. The minimum absolute atomic E-state index is 0.545. The van der Waals surface area contributed by atoms with Crippen LogP contribution in [-0.4, -0.2) is 14.8 Å². The van der Waals surface area contributed by atoms with Gasteiger partial charge in [-0.05, 0) is 37.3 Å². The van der Waals surface area contributed by atoms with E-state index in [2.05, 4.69) is 10.1 Å². The SMILES string of the molecule is Cc1nn(C)c(Oc2ccccn2)c1Sc1ccc(Cl)cc1. The third kappa shape index (κ3) is 3.26. The molecule has 112 valence electrons. The smallest absolute Gasteiger partial charge is 0.234 e. The first-order valence-corrected chi connectivity index (χ1v) is 7.89. The van der Waals surface area contributed by atoms with Crippen LogP contribution in [-0.2, 0) is 7.05 Å². The van der Waals surface area contributed by atoms with Crippen LogP contribution in [0.3, 0.4) is 0 Å². The van der Waals surface area contributed by atoms with Crippen molar-refractivity contribution in [2.24, 2.45) is 7.05 Å².